The Kier molecular flexibility index (Phi) is 7.17. The van der Waals surface area contributed by atoms with Gasteiger partial charge in [-0.05, 0) is 49.9 Å². The number of fused-ring (bicyclic) bond motifs is 1. The third-order valence-corrected chi connectivity index (χ3v) is 5.06. The molecule has 0 aliphatic carbocycles. The normalized spacial score (nSPS) is 14.5. The highest BCUT2D eigenvalue weighted by Crippen LogP contribution is 2.35. The van der Waals surface area contributed by atoms with E-state index in [-0.39, 0.29) is 0 Å². The van der Waals surface area contributed by atoms with Gasteiger partial charge in [0.1, 0.15) is 11.6 Å². The van der Waals surface area contributed by atoms with Crippen molar-refractivity contribution in [2.75, 3.05) is 18.4 Å². The molecule has 3 rings (SSSR count). The molecule has 7 heteroatoms. The van der Waals surface area contributed by atoms with Crippen LogP contribution in [0.5, 0.6) is 0 Å². The van der Waals surface area contributed by atoms with Gasteiger partial charge in [-0.1, -0.05) is 42.5 Å². The molecule has 1 aliphatic heterocycles. The lowest BCUT2D eigenvalue weighted by Gasteiger charge is -2.24. The molecule has 0 fully saturated rings. The molecule has 0 spiro atoms. The van der Waals surface area contributed by atoms with Gasteiger partial charge in [-0.3, -0.25) is 9.69 Å². The third kappa shape index (κ3) is 6.21. The van der Waals surface area contributed by atoms with Crippen LogP contribution in [0.3, 0.4) is 0 Å². The highest BCUT2D eigenvalue weighted by atomic mass is 16.6. The Balaban J connectivity index is 1.56. The summed E-state index contributed by atoms with van der Waals surface area (Å²) in [5.74, 6) is -0.846. The zero-order valence-electron chi connectivity index (χ0n) is 18.4. The number of amides is 1. The minimum atomic E-state index is -0.846. The number of hydrogen-bond acceptors (Lipinski definition) is 5. The zero-order valence-corrected chi connectivity index (χ0v) is 18.4. The van der Waals surface area contributed by atoms with Crippen molar-refractivity contribution >= 4 is 17.7 Å². The summed E-state index contributed by atoms with van der Waals surface area (Å²) in [6.07, 6.45) is 0.332. The van der Waals surface area contributed by atoms with E-state index in [9.17, 15) is 14.7 Å². The molecule has 1 amide bonds. The van der Waals surface area contributed by atoms with E-state index in [1.165, 1.54) is 0 Å². The SMILES string of the molecule is CC(C)(C)OC(=O)NCCCNc1cccc2c1CN([C@H](C(=O)O)c1ccccc1)C2. The van der Waals surface area contributed by atoms with Crippen LogP contribution in [0.25, 0.3) is 0 Å². The third-order valence-electron chi connectivity index (χ3n) is 5.06. The summed E-state index contributed by atoms with van der Waals surface area (Å²) < 4.78 is 5.23. The Morgan fingerprint density at radius 2 is 1.81 bits per heavy atom. The van der Waals surface area contributed by atoms with Crippen LogP contribution in [0.1, 0.15) is 49.9 Å². The molecule has 166 valence electrons. The fourth-order valence-corrected chi connectivity index (χ4v) is 3.76. The van der Waals surface area contributed by atoms with Gasteiger partial charge in [0, 0.05) is 31.9 Å². The summed E-state index contributed by atoms with van der Waals surface area (Å²) in [6.45, 7) is 7.86. The first-order valence-corrected chi connectivity index (χ1v) is 10.6. The van der Waals surface area contributed by atoms with Crippen LogP contribution in [-0.2, 0) is 22.6 Å². The van der Waals surface area contributed by atoms with Crippen LogP contribution in [0.4, 0.5) is 10.5 Å². The van der Waals surface area contributed by atoms with Crippen LogP contribution in [0, 0.1) is 0 Å². The molecule has 0 saturated carbocycles. The topological polar surface area (TPSA) is 90.9 Å². The molecule has 0 saturated heterocycles. The number of hydrogen-bond donors (Lipinski definition) is 3. The number of alkyl carbamates (subject to hydrolysis) is 1. The maximum Gasteiger partial charge on any atom is 0.407 e. The number of ether oxygens (including phenoxy) is 1. The van der Waals surface area contributed by atoms with Gasteiger partial charge in [0.15, 0.2) is 0 Å². The van der Waals surface area contributed by atoms with Crippen LogP contribution < -0.4 is 10.6 Å². The van der Waals surface area contributed by atoms with E-state index < -0.39 is 23.7 Å². The van der Waals surface area contributed by atoms with Crippen LogP contribution in [0.15, 0.2) is 48.5 Å². The Bertz CT molecular complexity index is 909. The number of nitrogens with zero attached hydrogens (tertiary/aromatic N) is 1. The standard InChI is InChI=1S/C24H31N3O4/c1-24(2,3)31-23(30)26-14-8-13-25-20-12-7-11-18-15-27(16-19(18)20)21(22(28)29)17-9-5-4-6-10-17/h4-7,9-12,21,25H,8,13-16H2,1-3H3,(H,26,30)(H,28,29)/t21-/m0/s1. The average Bonchev–Trinajstić information content (AvgIpc) is 3.11. The molecule has 0 aromatic heterocycles. The molecule has 31 heavy (non-hydrogen) atoms. The van der Waals surface area contributed by atoms with Crippen molar-refractivity contribution in [2.45, 2.75) is 51.9 Å². The number of carbonyl (C=O) groups excluding carboxylic acids is 1. The fourth-order valence-electron chi connectivity index (χ4n) is 3.76. The molecular weight excluding hydrogens is 394 g/mol. The van der Waals surface area contributed by atoms with Gasteiger partial charge in [-0.2, -0.15) is 0 Å². The van der Waals surface area contributed by atoms with Crippen LogP contribution in [-0.4, -0.2) is 40.8 Å². The van der Waals surface area contributed by atoms with Gasteiger partial charge < -0.3 is 20.5 Å². The van der Waals surface area contributed by atoms with E-state index in [4.69, 9.17) is 4.74 Å². The maximum absolute atomic E-state index is 12.0. The first-order valence-electron chi connectivity index (χ1n) is 10.6. The number of rotatable bonds is 8. The lowest BCUT2D eigenvalue weighted by molar-refractivity contribution is -0.143. The number of aliphatic carboxylic acids is 1. The predicted octanol–water partition coefficient (Wildman–Crippen LogP) is 4.15. The summed E-state index contributed by atoms with van der Waals surface area (Å²) in [5, 5.41) is 16.0. The Morgan fingerprint density at radius 3 is 2.48 bits per heavy atom. The van der Waals surface area contributed by atoms with Gasteiger partial charge in [0.2, 0.25) is 0 Å². The van der Waals surface area contributed by atoms with Gasteiger partial charge >= 0.3 is 12.1 Å². The summed E-state index contributed by atoms with van der Waals surface area (Å²) in [5.41, 5.74) is 3.55. The highest BCUT2D eigenvalue weighted by Gasteiger charge is 2.32. The molecule has 2 aromatic carbocycles. The van der Waals surface area contributed by atoms with Crippen LogP contribution in [0.2, 0.25) is 0 Å². The Morgan fingerprint density at radius 1 is 1.06 bits per heavy atom. The van der Waals surface area contributed by atoms with Crippen molar-refractivity contribution in [2.24, 2.45) is 0 Å². The van der Waals surface area contributed by atoms with E-state index in [1.54, 1.807) is 0 Å². The van der Waals surface area contributed by atoms with Crippen molar-refractivity contribution in [1.82, 2.24) is 10.2 Å². The number of nitrogens with one attached hydrogen (secondary N) is 2. The molecule has 1 atom stereocenters. The number of carbonyl (C=O) groups is 2. The molecular formula is C24H31N3O4. The lowest BCUT2D eigenvalue weighted by atomic mass is 10.1. The highest BCUT2D eigenvalue weighted by molar-refractivity contribution is 5.76. The van der Waals surface area contributed by atoms with Crippen LogP contribution >= 0.6 is 0 Å². The molecule has 2 aromatic rings. The van der Waals surface area contributed by atoms with Crippen molar-refractivity contribution < 1.29 is 19.4 Å². The van der Waals surface area contributed by atoms with Crippen molar-refractivity contribution in [3.63, 3.8) is 0 Å². The number of anilines is 1. The van der Waals surface area contributed by atoms with Crippen molar-refractivity contribution in [1.29, 1.82) is 0 Å². The smallest absolute Gasteiger partial charge is 0.407 e. The van der Waals surface area contributed by atoms with Gasteiger partial charge in [0.25, 0.3) is 0 Å². The lowest BCUT2D eigenvalue weighted by Crippen LogP contribution is -2.33. The molecule has 3 N–H and O–H groups in total. The van der Waals surface area contributed by atoms with Crippen molar-refractivity contribution in [3.05, 3.63) is 65.2 Å². The second kappa shape index (κ2) is 9.83. The van der Waals surface area contributed by atoms with Gasteiger partial charge in [-0.15, -0.1) is 0 Å². The Hall–Kier alpha value is -3.06. The van der Waals surface area contributed by atoms with E-state index in [2.05, 4.69) is 16.7 Å². The maximum atomic E-state index is 12.0. The van der Waals surface area contributed by atoms with Gasteiger partial charge in [-0.25, -0.2) is 4.79 Å². The second-order valence-electron chi connectivity index (χ2n) is 8.71. The number of carboxylic acids is 1. The molecule has 0 unspecified atom stereocenters. The quantitative estimate of drug-likeness (QED) is 0.551. The van der Waals surface area contributed by atoms with E-state index in [0.29, 0.717) is 26.2 Å². The molecule has 1 heterocycles. The number of carboxylic acid groups (broad SMARTS) is 1. The van der Waals surface area contributed by atoms with E-state index in [0.717, 1.165) is 28.8 Å². The molecule has 1 aliphatic rings. The number of benzene rings is 2. The molecule has 7 nitrogen and oxygen atoms in total. The summed E-state index contributed by atoms with van der Waals surface area (Å²) in [4.78, 5) is 25.7. The monoisotopic (exact) mass is 425 g/mol. The fraction of sp³-hybridized carbons (Fsp3) is 0.417. The van der Waals surface area contributed by atoms with E-state index in [1.807, 2.05) is 68.1 Å². The Labute approximate surface area is 183 Å². The van der Waals surface area contributed by atoms with Gasteiger partial charge in [0.05, 0.1) is 0 Å². The molecule has 0 bridgehead atoms. The largest absolute Gasteiger partial charge is 0.480 e. The first-order chi connectivity index (χ1) is 14.7. The van der Waals surface area contributed by atoms with E-state index >= 15 is 0 Å². The predicted molar refractivity (Wildman–Crippen MR) is 120 cm³/mol. The average molecular weight is 426 g/mol. The summed E-state index contributed by atoms with van der Waals surface area (Å²) >= 11 is 0. The van der Waals surface area contributed by atoms with Crippen molar-refractivity contribution in [3.8, 4) is 0 Å². The summed E-state index contributed by atoms with van der Waals surface area (Å²) in [7, 11) is 0. The second-order valence-corrected chi connectivity index (χ2v) is 8.71. The molecule has 0 radical (unpaired) electrons. The first kappa shape index (κ1) is 22.6. The summed E-state index contributed by atoms with van der Waals surface area (Å²) in [6, 6.07) is 14.7. The zero-order chi connectivity index (χ0) is 22.4. The minimum Gasteiger partial charge on any atom is -0.480 e. The minimum absolute atomic E-state index is 0.413.